The number of ether oxygens (including phenoxy) is 1. The van der Waals surface area contributed by atoms with Crippen LogP contribution in [0, 0.1) is 0 Å². The molecule has 0 aliphatic rings. The molecule has 30 heavy (non-hydrogen) atoms. The molecule has 1 aromatic heterocycles. The minimum Gasteiger partial charge on any atom is -0.491 e. The largest absolute Gasteiger partial charge is 0.491 e. The molecule has 9 heteroatoms. The Morgan fingerprint density at radius 3 is 2.70 bits per heavy atom. The van der Waals surface area contributed by atoms with Gasteiger partial charge in [0, 0.05) is 19.3 Å². The van der Waals surface area contributed by atoms with Crippen LogP contribution in [0.4, 0.5) is 5.69 Å². The molecule has 0 aliphatic heterocycles. The first kappa shape index (κ1) is 25.6. The number of hydrogen-bond acceptors (Lipinski definition) is 5. The van der Waals surface area contributed by atoms with Gasteiger partial charge in [0.2, 0.25) is 5.91 Å². The number of rotatable bonds is 9. The van der Waals surface area contributed by atoms with Crippen LogP contribution in [-0.2, 0) is 4.79 Å². The third-order valence-electron chi connectivity index (χ3n) is 3.75. The average Bonchev–Trinajstić information content (AvgIpc) is 2.70. The Bertz CT molecular complexity index is 802. The maximum Gasteiger partial charge on any atom is 0.246 e. The minimum absolute atomic E-state index is 0. The van der Waals surface area contributed by atoms with E-state index in [2.05, 4.69) is 25.9 Å². The molecular weight excluding hydrogens is 497 g/mol. The summed E-state index contributed by atoms with van der Waals surface area (Å²) < 4.78 is 5.67. The lowest BCUT2D eigenvalue weighted by atomic mass is 10.1. The van der Waals surface area contributed by atoms with Gasteiger partial charge in [-0.25, -0.2) is 4.99 Å². The Kier molecular flexibility index (Phi) is 11.8. The summed E-state index contributed by atoms with van der Waals surface area (Å²) in [7, 11) is 0. The van der Waals surface area contributed by atoms with Gasteiger partial charge in [0.05, 0.1) is 24.1 Å². The summed E-state index contributed by atoms with van der Waals surface area (Å²) >= 11 is 0. The molecule has 1 atom stereocenters. The summed E-state index contributed by atoms with van der Waals surface area (Å²) in [6, 6.07) is 10.9. The third kappa shape index (κ3) is 9.40. The fourth-order valence-electron chi connectivity index (χ4n) is 2.51. The number of aliphatic imine (C=N–C) groups is 1. The highest BCUT2D eigenvalue weighted by Gasteiger charge is 2.11. The van der Waals surface area contributed by atoms with Crippen molar-refractivity contribution in [3.05, 3.63) is 54.4 Å². The number of aliphatic hydroxyl groups excluding tert-OH is 1. The fraction of sp³-hybridized carbons (Fsp3) is 0.381. The number of nitrogens with zero attached hydrogens (tertiary/aromatic N) is 2. The fourth-order valence-corrected chi connectivity index (χ4v) is 2.51. The summed E-state index contributed by atoms with van der Waals surface area (Å²) in [6.07, 6.45) is 2.51. The molecule has 0 radical (unpaired) electrons. The third-order valence-corrected chi connectivity index (χ3v) is 3.75. The highest BCUT2D eigenvalue weighted by molar-refractivity contribution is 14.0. The first-order valence-electron chi connectivity index (χ1n) is 9.64. The molecule has 164 valence electrons. The molecule has 2 rings (SSSR count). The van der Waals surface area contributed by atoms with Gasteiger partial charge >= 0.3 is 0 Å². The normalized spacial score (nSPS) is 12.0. The Balaban J connectivity index is 0.00000450. The van der Waals surface area contributed by atoms with Crippen molar-refractivity contribution in [3.8, 4) is 5.75 Å². The van der Waals surface area contributed by atoms with Gasteiger partial charge in [-0.15, -0.1) is 24.0 Å². The van der Waals surface area contributed by atoms with Crippen molar-refractivity contribution in [1.29, 1.82) is 0 Å². The molecular formula is C21H30IN5O3. The zero-order valence-corrected chi connectivity index (χ0v) is 19.8. The number of carbonyl (C=O) groups excluding carboxylic acids is 1. The number of benzene rings is 1. The lowest BCUT2D eigenvalue weighted by molar-refractivity contribution is -0.114. The number of nitrogens with one attached hydrogen (secondary N) is 3. The van der Waals surface area contributed by atoms with Gasteiger partial charge in [-0.1, -0.05) is 12.1 Å². The highest BCUT2D eigenvalue weighted by Crippen LogP contribution is 2.19. The van der Waals surface area contributed by atoms with Crippen molar-refractivity contribution in [2.75, 3.05) is 25.0 Å². The molecule has 1 aromatic carbocycles. The Hall–Kier alpha value is -2.40. The minimum atomic E-state index is -0.751. The van der Waals surface area contributed by atoms with Crippen LogP contribution in [0.3, 0.4) is 0 Å². The lowest BCUT2D eigenvalue weighted by Crippen LogP contribution is -2.40. The molecule has 0 bridgehead atoms. The summed E-state index contributed by atoms with van der Waals surface area (Å²) in [5.41, 5.74) is 1.35. The number of amides is 1. The molecule has 0 spiro atoms. The van der Waals surface area contributed by atoms with Crippen molar-refractivity contribution < 1.29 is 14.6 Å². The quantitative estimate of drug-likeness (QED) is 0.227. The molecule has 0 saturated carbocycles. The first-order chi connectivity index (χ1) is 14.0. The number of aromatic nitrogens is 1. The van der Waals surface area contributed by atoms with E-state index in [0.29, 0.717) is 23.9 Å². The summed E-state index contributed by atoms with van der Waals surface area (Å²) in [5.74, 6) is 0.904. The second-order valence-electron chi connectivity index (χ2n) is 6.62. The predicted molar refractivity (Wildman–Crippen MR) is 129 cm³/mol. The topological polar surface area (TPSA) is 108 Å². The van der Waals surface area contributed by atoms with Gasteiger partial charge in [0.1, 0.15) is 12.3 Å². The van der Waals surface area contributed by atoms with E-state index in [1.165, 1.54) is 0 Å². The molecule has 2 aromatic rings. The zero-order valence-electron chi connectivity index (χ0n) is 17.5. The van der Waals surface area contributed by atoms with Crippen molar-refractivity contribution in [2.45, 2.75) is 33.0 Å². The number of anilines is 1. The standard InChI is InChI=1S/C21H29N5O3.HI/c1-4-23-21(25-14-20(28)26-17-8-6-10-22-12-17)24-13-19(27)16-7-5-9-18(11-16)29-15(2)3;/h5-12,15,19,27H,4,13-14H2,1-3H3,(H,26,28)(H2,23,24,25);1H. The second-order valence-corrected chi connectivity index (χ2v) is 6.62. The number of aliphatic hydroxyl groups is 1. The predicted octanol–water partition coefficient (Wildman–Crippen LogP) is 2.71. The van der Waals surface area contributed by atoms with Gasteiger partial charge < -0.3 is 25.8 Å². The summed E-state index contributed by atoms with van der Waals surface area (Å²) in [4.78, 5) is 20.2. The van der Waals surface area contributed by atoms with Crippen molar-refractivity contribution >= 4 is 41.5 Å². The average molecular weight is 527 g/mol. The van der Waals surface area contributed by atoms with Crippen LogP contribution in [0.25, 0.3) is 0 Å². The van der Waals surface area contributed by atoms with E-state index in [9.17, 15) is 9.90 Å². The van der Waals surface area contributed by atoms with E-state index in [1.807, 2.05) is 45.0 Å². The number of pyridine rings is 1. The second kappa shape index (κ2) is 13.8. The molecule has 8 nitrogen and oxygen atoms in total. The summed E-state index contributed by atoms with van der Waals surface area (Å²) in [6.45, 7) is 6.64. The van der Waals surface area contributed by atoms with E-state index in [1.54, 1.807) is 24.5 Å². The monoisotopic (exact) mass is 527 g/mol. The molecule has 1 amide bonds. The van der Waals surface area contributed by atoms with Gasteiger partial charge in [-0.05, 0) is 50.6 Å². The van der Waals surface area contributed by atoms with Crippen LogP contribution in [0.2, 0.25) is 0 Å². The van der Waals surface area contributed by atoms with E-state index >= 15 is 0 Å². The molecule has 1 heterocycles. The van der Waals surface area contributed by atoms with Crippen LogP contribution < -0.4 is 20.7 Å². The van der Waals surface area contributed by atoms with Crippen molar-refractivity contribution in [1.82, 2.24) is 15.6 Å². The molecule has 0 aliphatic carbocycles. The zero-order chi connectivity index (χ0) is 21.1. The van der Waals surface area contributed by atoms with Gasteiger partial charge in [0.25, 0.3) is 0 Å². The van der Waals surface area contributed by atoms with Crippen LogP contribution >= 0.6 is 24.0 Å². The van der Waals surface area contributed by atoms with Gasteiger partial charge in [-0.2, -0.15) is 0 Å². The highest BCUT2D eigenvalue weighted by atomic mass is 127. The Morgan fingerprint density at radius 2 is 2.03 bits per heavy atom. The molecule has 4 N–H and O–H groups in total. The Labute approximate surface area is 194 Å². The van der Waals surface area contributed by atoms with Crippen LogP contribution in [-0.4, -0.2) is 47.7 Å². The van der Waals surface area contributed by atoms with Gasteiger partial charge in [-0.3, -0.25) is 9.78 Å². The van der Waals surface area contributed by atoms with Crippen molar-refractivity contribution in [3.63, 3.8) is 0 Å². The number of hydrogen-bond donors (Lipinski definition) is 4. The number of halogens is 1. The lowest BCUT2D eigenvalue weighted by Gasteiger charge is -2.17. The first-order valence-corrected chi connectivity index (χ1v) is 9.64. The smallest absolute Gasteiger partial charge is 0.246 e. The Morgan fingerprint density at radius 1 is 1.23 bits per heavy atom. The van der Waals surface area contributed by atoms with E-state index < -0.39 is 6.10 Å². The van der Waals surface area contributed by atoms with Crippen molar-refractivity contribution in [2.24, 2.45) is 4.99 Å². The molecule has 0 saturated heterocycles. The van der Waals surface area contributed by atoms with Gasteiger partial charge in [0.15, 0.2) is 5.96 Å². The van der Waals surface area contributed by atoms with E-state index in [4.69, 9.17) is 4.74 Å². The molecule has 0 fully saturated rings. The van der Waals surface area contributed by atoms with E-state index in [0.717, 1.165) is 5.56 Å². The maximum absolute atomic E-state index is 12.0. The van der Waals surface area contributed by atoms with Crippen LogP contribution in [0.1, 0.15) is 32.4 Å². The molecule has 1 unspecified atom stereocenters. The maximum atomic E-state index is 12.0. The van der Waals surface area contributed by atoms with Crippen LogP contribution in [0.15, 0.2) is 53.8 Å². The summed E-state index contributed by atoms with van der Waals surface area (Å²) in [5, 5.41) is 19.3. The SMILES string of the molecule is CCNC(=NCC(=O)Nc1cccnc1)NCC(O)c1cccc(OC(C)C)c1.I. The number of carbonyl (C=O) groups is 1. The van der Waals surface area contributed by atoms with E-state index in [-0.39, 0.29) is 49.1 Å². The van der Waals surface area contributed by atoms with Crippen LogP contribution in [0.5, 0.6) is 5.75 Å². The number of guanidine groups is 1.